The van der Waals surface area contributed by atoms with Crippen LogP contribution in [0.2, 0.25) is 0 Å². The van der Waals surface area contributed by atoms with Gasteiger partial charge in [-0.25, -0.2) is 4.39 Å². The van der Waals surface area contributed by atoms with Crippen LogP contribution in [0, 0.1) is 5.82 Å². The summed E-state index contributed by atoms with van der Waals surface area (Å²) in [4.78, 5) is 0. The Kier molecular flexibility index (Phi) is 3.82. The Morgan fingerprint density at radius 1 is 1.33 bits per heavy atom. The lowest BCUT2D eigenvalue weighted by molar-refractivity contribution is 0.237. The summed E-state index contributed by atoms with van der Waals surface area (Å²) in [5.41, 5.74) is 6.72. The molecule has 0 atom stereocenters. The van der Waals surface area contributed by atoms with E-state index in [-0.39, 0.29) is 11.2 Å². The number of nitrogens with two attached hydrogens (primary N) is 1. The van der Waals surface area contributed by atoms with Crippen LogP contribution in [0.4, 0.5) is 4.39 Å². The third kappa shape index (κ3) is 1.89. The molecule has 2 N–H and O–H groups in total. The molecule has 5 heteroatoms. The van der Waals surface area contributed by atoms with E-state index in [0.717, 1.165) is 24.8 Å². The molecular weight excluding hydrogens is 301 g/mol. The molecular formula is C13H17BrFNO2. The van der Waals surface area contributed by atoms with Gasteiger partial charge < -0.3 is 15.2 Å². The smallest absolute Gasteiger partial charge is 0.197 e. The summed E-state index contributed by atoms with van der Waals surface area (Å²) in [5.74, 6) is 0.168. The molecule has 0 radical (unpaired) electrons. The maximum absolute atomic E-state index is 13.8. The van der Waals surface area contributed by atoms with Crippen molar-refractivity contribution in [2.45, 2.75) is 24.7 Å². The average molecular weight is 318 g/mol. The highest BCUT2D eigenvalue weighted by atomic mass is 79.9. The first-order valence-corrected chi connectivity index (χ1v) is 6.69. The number of rotatable bonds is 4. The lowest BCUT2D eigenvalue weighted by atomic mass is 9.64. The molecule has 0 heterocycles. The molecule has 1 fully saturated rings. The van der Waals surface area contributed by atoms with Gasteiger partial charge in [0.2, 0.25) is 0 Å². The number of halogens is 2. The average Bonchev–Trinajstić information content (AvgIpc) is 2.30. The Bertz CT molecular complexity index is 455. The minimum absolute atomic E-state index is 0.120. The summed E-state index contributed by atoms with van der Waals surface area (Å²) in [6, 6.07) is 1.42. The van der Waals surface area contributed by atoms with Crippen LogP contribution in [0.3, 0.4) is 0 Å². The number of methoxy groups -OCH3 is 2. The predicted molar refractivity (Wildman–Crippen MR) is 71.8 cm³/mol. The van der Waals surface area contributed by atoms with Crippen LogP contribution >= 0.6 is 15.9 Å². The number of ether oxygens (including phenoxy) is 2. The van der Waals surface area contributed by atoms with Crippen molar-refractivity contribution in [2.75, 3.05) is 20.8 Å². The van der Waals surface area contributed by atoms with Gasteiger partial charge >= 0.3 is 0 Å². The molecule has 100 valence electrons. The van der Waals surface area contributed by atoms with Crippen LogP contribution in [0.15, 0.2) is 10.5 Å². The SMILES string of the molecule is COc1c(F)cc(Br)c(C2(CN)CCC2)c1OC. The van der Waals surface area contributed by atoms with Gasteiger partial charge in [-0.1, -0.05) is 22.4 Å². The molecule has 0 unspecified atom stereocenters. The molecule has 0 amide bonds. The van der Waals surface area contributed by atoms with Crippen molar-refractivity contribution < 1.29 is 13.9 Å². The second kappa shape index (κ2) is 5.05. The van der Waals surface area contributed by atoms with Gasteiger partial charge in [-0.2, -0.15) is 0 Å². The second-order valence-electron chi connectivity index (χ2n) is 4.62. The van der Waals surface area contributed by atoms with E-state index >= 15 is 0 Å². The fourth-order valence-electron chi connectivity index (χ4n) is 2.62. The minimum atomic E-state index is -0.434. The van der Waals surface area contributed by atoms with Gasteiger partial charge in [-0.05, 0) is 18.9 Å². The molecule has 0 spiro atoms. The normalized spacial score (nSPS) is 17.2. The fraction of sp³-hybridized carbons (Fsp3) is 0.538. The van der Waals surface area contributed by atoms with Crippen molar-refractivity contribution in [2.24, 2.45) is 5.73 Å². The van der Waals surface area contributed by atoms with Crippen LogP contribution in [0.25, 0.3) is 0 Å². The number of hydrogen-bond donors (Lipinski definition) is 1. The lowest BCUT2D eigenvalue weighted by Crippen LogP contribution is -2.42. The van der Waals surface area contributed by atoms with Gasteiger partial charge in [0.1, 0.15) is 0 Å². The molecule has 18 heavy (non-hydrogen) atoms. The van der Waals surface area contributed by atoms with Gasteiger partial charge in [0, 0.05) is 22.0 Å². The molecule has 1 aromatic rings. The van der Waals surface area contributed by atoms with E-state index in [9.17, 15) is 4.39 Å². The predicted octanol–water partition coefficient (Wildman–Crippen LogP) is 2.99. The largest absolute Gasteiger partial charge is 0.492 e. The first kappa shape index (κ1) is 13.6. The quantitative estimate of drug-likeness (QED) is 0.928. The highest BCUT2D eigenvalue weighted by Gasteiger charge is 2.42. The van der Waals surface area contributed by atoms with Crippen molar-refractivity contribution in [1.29, 1.82) is 0 Å². The van der Waals surface area contributed by atoms with E-state index in [1.165, 1.54) is 20.3 Å². The van der Waals surface area contributed by atoms with Crippen molar-refractivity contribution in [3.8, 4) is 11.5 Å². The molecule has 0 aliphatic heterocycles. The standard InChI is InChI=1S/C13H17BrFNO2/c1-17-11-9(15)6-8(14)10(12(11)18-2)13(7-16)4-3-5-13/h6H,3-5,7,16H2,1-2H3. The Morgan fingerprint density at radius 2 is 1.94 bits per heavy atom. The van der Waals surface area contributed by atoms with Gasteiger partial charge in [-0.3, -0.25) is 0 Å². The minimum Gasteiger partial charge on any atom is -0.492 e. The highest BCUT2D eigenvalue weighted by Crippen LogP contribution is 2.52. The van der Waals surface area contributed by atoms with Crippen molar-refractivity contribution in [3.63, 3.8) is 0 Å². The molecule has 0 bridgehead atoms. The van der Waals surface area contributed by atoms with Crippen molar-refractivity contribution in [3.05, 3.63) is 21.9 Å². The molecule has 1 saturated carbocycles. The molecule has 1 aliphatic carbocycles. The third-order valence-electron chi connectivity index (χ3n) is 3.78. The zero-order valence-corrected chi connectivity index (χ0v) is 12.1. The lowest BCUT2D eigenvalue weighted by Gasteiger charge is -2.42. The first-order valence-electron chi connectivity index (χ1n) is 5.90. The molecule has 2 rings (SSSR count). The topological polar surface area (TPSA) is 44.5 Å². The maximum Gasteiger partial charge on any atom is 0.197 e. The van der Waals surface area contributed by atoms with Gasteiger partial charge in [-0.15, -0.1) is 0 Å². The number of hydrogen-bond acceptors (Lipinski definition) is 3. The van der Waals surface area contributed by atoms with E-state index in [4.69, 9.17) is 15.2 Å². The summed E-state index contributed by atoms with van der Waals surface area (Å²) >= 11 is 3.42. The van der Waals surface area contributed by atoms with Crippen LogP contribution in [-0.4, -0.2) is 20.8 Å². The van der Waals surface area contributed by atoms with Crippen LogP contribution in [-0.2, 0) is 5.41 Å². The van der Waals surface area contributed by atoms with Gasteiger partial charge in [0.25, 0.3) is 0 Å². The van der Waals surface area contributed by atoms with E-state index in [1.807, 2.05) is 0 Å². The van der Waals surface area contributed by atoms with E-state index < -0.39 is 5.82 Å². The summed E-state index contributed by atoms with van der Waals surface area (Å²) in [5, 5.41) is 0. The van der Waals surface area contributed by atoms with E-state index in [0.29, 0.717) is 16.8 Å². The van der Waals surface area contributed by atoms with Crippen LogP contribution in [0.1, 0.15) is 24.8 Å². The monoisotopic (exact) mass is 317 g/mol. The second-order valence-corrected chi connectivity index (χ2v) is 5.47. The molecule has 0 saturated heterocycles. The van der Waals surface area contributed by atoms with Gasteiger partial charge in [0.15, 0.2) is 17.3 Å². The molecule has 3 nitrogen and oxygen atoms in total. The highest BCUT2D eigenvalue weighted by molar-refractivity contribution is 9.10. The zero-order valence-electron chi connectivity index (χ0n) is 10.6. The first-order chi connectivity index (χ1) is 8.59. The molecule has 1 aliphatic rings. The van der Waals surface area contributed by atoms with Crippen molar-refractivity contribution in [1.82, 2.24) is 0 Å². The van der Waals surface area contributed by atoms with E-state index in [2.05, 4.69) is 15.9 Å². The Morgan fingerprint density at radius 3 is 2.33 bits per heavy atom. The molecule has 1 aromatic carbocycles. The van der Waals surface area contributed by atoms with Crippen molar-refractivity contribution >= 4 is 15.9 Å². The summed E-state index contributed by atoms with van der Waals surface area (Å²) in [6.07, 6.45) is 3.12. The van der Waals surface area contributed by atoms with Gasteiger partial charge in [0.05, 0.1) is 14.2 Å². The summed E-state index contributed by atoms with van der Waals surface area (Å²) in [7, 11) is 2.96. The third-order valence-corrected chi connectivity index (χ3v) is 4.41. The summed E-state index contributed by atoms with van der Waals surface area (Å²) in [6.45, 7) is 0.525. The Labute approximate surface area is 115 Å². The Balaban J connectivity index is 2.65. The maximum atomic E-state index is 13.8. The fourth-order valence-corrected chi connectivity index (χ4v) is 3.42. The Hall–Kier alpha value is -0.810. The number of benzene rings is 1. The molecule has 0 aromatic heterocycles. The van der Waals surface area contributed by atoms with E-state index in [1.54, 1.807) is 0 Å². The van der Waals surface area contributed by atoms with Crippen LogP contribution in [0.5, 0.6) is 11.5 Å². The zero-order chi connectivity index (χ0) is 13.3. The van der Waals surface area contributed by atoms with Crippen LogP contribution < -0.4 is 15.2 Å². The summed E-state index contributed by atoms with van der Waals surface area (Å²) < 4.78 is 25.0.